The Balaban J connectivity index is 0.000000208. The van der Waals surface area contributed by atoms with Gasteiger partial charge in [-0.05, 0) is 41.5 Å². The van der Waals surface area contributed by atoms with Crippen LogP contribution in [-0.4, -0.2) is 4.92 Å². The van der Waals surface area contributed by atoms with Gasteiger partial charge in [0, 0.05) is 12.1 Å². The van der Waals surface area contributed by atoms with Crippen LogP contribution in [0.5, 0.6) is 0 Å². The van der Waals surface area contributed by atoms with Crippen LogP contribution < -0.4 is 22.9 Å². The average Bonchev–Trinajstić information content (AvgIpc) is 2.62. The molecular formula is C18H17Cl2N5O2. The number of benzene rings is 3. The van der Waals surface area contributed by atoms with E-state index >= 15 is 0 Å². The third-order valence-corrected chi connectivity index (χ3v) is 4.27. The zero-order valence-electron chi connectivity index (χ0n) is 14.0. The van der Waals surface area contributed by atoms with Crippen LogP contribution in [0.3, 0.4) is 0 Å². The van der Waals surface area contributed by atoms with Crippen molar-refractivity contribution in [3.63, 3.8) is 0 Å². The van der Waals surface area contributed by atoms with Crippen molar-refractivity contribution >= 4 is 51.6 Å². The summed E-state index contributed by atoms with van der Waals surface area (Å²) in [5.41, 5.74) is 25.5. The molecule has 0 amide bonds. The topological polar surface area (TPSA) is 147 Å². The standard InChI is InChI=1S/C12H10Cl2N2.C6H7N3O2/c13-9-5-7(1-3-11(9)15)8-2-4-12(16)10(14)6-8;7-5-2-1-4(9(10)11)3-6(5)8/h1-6H,15-16H2;1-3H,7-8H2. The SMILES string of the molecule is Nc1ccc(-c2ccc(N)c(Cl)c2)cc1Cl.Nc1ccc([N+](=O)[O-])cc1N. The van der Waals surface area contributed by atoms with Gasteiger partial charge in [-0.15, -0.1) is 0 Å². The fourth-order valence-electron chi connectivity index (χ4n) is 2.09. The molecule has 8 N–H and O–H groups in total. The number of halogens is 2. The Morgan fingerprint density at radius 2 is 1.11 bits per heavy atom. The summed E-state index contributed by atoms with van der Waals surface area (Å²) < 4.78 is 0. The van der Waals surface area contributed by atoms with Crippen molar-refractivity contribution in [1.29, 1.82) is 0 Å². The predicted octanol–water partition coefficient (Wildman–Crippen LogP) is 4.58. The van der Waals surface area contributed by atoms with Crippen LogP contribution in [0.1, 0.15) is 0 Å². The number of nitro groups is 1. The Bertz CT molecular complexity index is 946. The lowest BCUT2D eigenvalue weighted by atomic mass is 10.1. The largest absolute Gasteiger partial charge is 0.398 e. The first-order chi connectivity index (χ1) is 12.7. The van der Waals surface area contributed by atoms with Gasteiger partial charge in [0.15, 0.2) is 0 Å². The number of rotatable bonds is 2. The van der Waals surface area contributed by atoms with E-state index in [4.69, 9.17) is 46.1 Å². The molecule has 0 fully saturated rings. The van der Waals surface area contributed by atoms with Crippen molar-refractivity contribution in [1.82, 2.24) is 0 Å². The molecule has 3 aromatic rings. The van der Waals surface area contributed by atoms with E-state index in [-0.39, 0.29) is 11.4 Å². The number of nitrogens with two attached hydrogens (primary N) is 4. The van der Waals surface area contributed by atoms with E-state index in [9.17, 15) is 10.1 Å². The summed E-state index contributed by atoms with van der Waals surface area (Å²) in [4.78, 5) is 9.66. The second-order valence-electron chi connectivity index (χ2n) is 5.54. The molecule has 0 radical (unpaired) electrons. The van der Waals surface area contributed by atoms with Gasteiger partial charge in [0.05, 0.1) is 37.7 Å². The summed E-state index contributed by atoms with van der Waals surface area (Å²) >= 11 is 11.9. The Kier molecular flexibility index (Phi) is 6.33. The highest BCUT2D eigenvalue weighted by molar-refractivity contribution is 6.34. The average molecular weight is 406 g/mol. The van der Waals surface area contributed by atoms with Crippen LogP contribution >= 0.6 is 23.2 Å². The van der Waals surface area contributed by atoms with Crippen LogP contribution in [-0.2, 0) is 0 Å². The molecule has 3 aromatic carbocycles. The smallest absolute Gasteiger partial charge is 0.271 e. The maximum atomic E-state index is 10.2. The molecule has 7 nitrogen and oxygen atoms in total. The summed E-state index contributed by atoms with van der Waals surface area (Å²) in [5, 5.41) is 11.2. The van der Waals surface area contributed by atoms with Crippen molar-refractivity contribution in [2.24, 2.45) is 0 Å². The van der Waals surface area contributed by atoms with Crippen LogP contribution in [0.4, 0.5) is 28.4 Å². The number of nitrogens with zero attached hydrogens (tertiary/aromatic N) is 1. The van der Waals surface area contributed by atoms with Crippen LogP contribution in [0.2, 0.25) is 10.0 Å². The Morgan fingerprint density at radius 1 is 0.667 bits per heavy atom. The van der Waals surface area contributed by atoms with Crippen molar-refractivity contribution in [2.45, 2.75) is 0 Å². The van der Waals surface area contributed by atoms with Gasteiger partial charge in [-0.1, -0.05) is 35.3 Å². The molecule has 0 saturated carbocycles. The summed E-state index contributed by atoms with van der Waals surface area (Å²) in [7, 11) is 0. The van der Waals surface area contributed by atoms with Crippen molar-refractivity contribution in [3.8, 4) is 11.1 Å². The van der Waals surface area contributed by atoms with Crippen molar-refractivity contribution in [2.75, 3.05) is 22.9 Å². The van der Waals surface area contributed by atoms with Crippen molar-refractivity contribution in [3.05, 3.63) is 74.8 Å². The molecule has 0 aliphatic rings. The molecule has 0 aliphatic carbocycles. The molecule has 140 valence electrons. The van der Waals surface area contributed by atoms with Crippen molar-refractivity contribution < 1.29 is 4.92 Å². The molecule has 9 heteroatoms. The molecule has 0 saturated heterocycles. The first-order valence-corrected chi connectivity index (χ1v) is 8.34. The second-order valence-corrected chi connectivity index (χ2v) is 6.36. The van der Waals surface area contributed by atoms with Gasteiger partial charge >= 0.3 is 0 Å². The summed E-state index contributed by atoms with van der Waals surface area (Å²) in [6.07, 6.45) is 0. The van der Waals surface area contributed by atoms with E-state index in [1.54, 1.807) is 24.3 Å². The molecule has 0 aromatic heterocycles. The fourth-order valence-corrected chi connectivity index (χ4v) is 2.45. The maximum Gasteiger partial charge on any atom is 0.271 e. The number of nitro benzene ring substituents is 1. The predicted molar refractivity (Wildman–Crippen MR) is 113 cm³/mol. The normalized spacial score (nSPS) is 10.0. The Morgan fingerprint density at radius 3 is 1.48 bits per heavy atom. The number of hydrogen-bond donors (Lipinski definition) is 4. The van der Waals surface area contributed by atoms with Gasteiger partial charge in [-0.2, -0.15) is 0 Å². The minimum absolute atomic E-state index is 0.0447. The number of anilines is 4. The van der Waals surface area contributed by atoms with Crippen LogP contribution in [0.25, 0.3) is 11.1 Å². The van der Waals surface area contributed by atoms with Gasteiger partial charge in [0.1, 0.15) is 0 Å². The van der Waals surface area contributed by atoms with E-state index in [1.165, 1.54) is 18.2 Å². The molecule has 0 atom stereocenters. The van der Waals surface area contributed by atoms with Gasteiger partial charge in [0.25, 0.3) is 5.69 Å². The lowest BCUT2D eigenvalue weighted by molar-refractivity contribution is -0.384. The Hall–Kier alpha value is -3.16. The third kappa shape index (κ3) is 5.16. The lowest BCUT2D eigenvalue weighted by Crippen LogP contribution is -1.96. The monoisotopic (exact) mass is 405 g/mol. The molecule has 27 heavy (non-hydrogen) atoms. The first kappa shape index (κ1) is 20.2. The fraction of sp³-hybridized carbons (Fsp3) is 0. The number of non-ortho nitro benzene ring substituents is 1. The molecule has 0 unspecified atom stereocenters. The highest BCUT2D eigenvalue weighted by Crippen LogP contribution is 2.30. The third-order valence-electron chi connectivity index (χ3n) is 3.62. The number of hydrogen-bond acceptors (Lipinski definition) is 6. The zero-order chi connectivity index (χ0) is 20.1. The van der Waals surface area contributed by atoms with Gasteiger partial charge in [-0.3, -0.25) is 10.1 Å². The first-order valence-electron chi connectivity index (χ1n) is 7.59. The quantitative estimate of drug-likeness (QED) is 0.278. The van der Waals surface area contributed by atoms with Crippen LogP contribution in [0, 0.1) is 10.1 Å². The van der Waals surface area contributed by atoms with E-state index in [1.807, 2.05) is 12.1 Å². The molecular weight excluding hydrogens is 389 g/mol. The molecule has 0 spiro atoms. The number of nitrogen functional groups attached to an aromatic ring is 4. The van der Waals surface area contributed by atoms with Gasteiger partial charge < -0.3 is 22.9 Å². The van der Waals surface area contributed by atoms with E-state index in [0.29, 0.717) is 27.1 Å². The van der Waals surface area contributed by atoms with E-state index in [0.717, 1.165) is 11.1 Å². The summed E-state index contributed by atoms with van der Waals surface area (Å²) in [6.45, 7) is 0. The molecule has 0 bridgehead atoms. The summed E-state index contributed by atoms with van der Waals surface area (Å²) in [6, 6.07) is 14.9. The second kappa shape index (κ2) is 8.48. The summed E-state index contributed by atoms with van der Waals surface area (Å²) in [5.74, 6) is 0. The lowest BCUT2D eigenvalue weighted by Gasteiger charge is -2.06. The zero-order valence-corrected chi connectivity index (χ0v) is 15.5. The van der Waals surface area contributed by atoms with Gasteiger partial charge in [0.2, 0.25) is 0 Å². The molecule has 0 heterocycles. The van der Waals surface area contributed by atoms with Crippen LogP contribution in [0.15, 0.2) is 54.6 Å². The van der Waals surface area contributed by atoms with E-state index in [2.05, 4.69) is 0 Å². The maximum absolute atomic E-state index is 10.2. The highest BCUT2D eigenvalue weighted by Gasteiger charge is 2.06. The minimum Gasteiger partial charge on any atom is -0.398 e. The Labute approximate surface area is 165 Å². The minimum atomic E-state index is -0.518. The molecule has 3 rings (SSSR count). The molecule has 0 aliphatic heterocycles. The highest BCUT2D eigenvalue weighted by atomic mass is 35.5. The van der Waals surface area contributed by atoms with E-state index < -0.39 is 4.92 Å². The van der Waals surface area contributed by atoms with Gasteiger partial charge in [-0.25, -0.2) is 0 Å².